The zero-order valence-corrected chi connectivity index (χ0v) is 7.13. The van der Waals surface area contributed by atoms with Gasteiger partial charge in [0.1, 0.15) is 0 Å². The molecule has 0 aliphatic heterocycles. The van der Waals surface area contributed by atoms with Crippen LogP contribution < -0.4 is 0 Å². The fourth-order valence-electron chi connectivity index (χ4n) is 0.819. The Morgan fingerprint density at radius 1 is 1.62 bits per heavy atom. The van der Waals surface area contributed by atoms with Crippen molar-refractivity contribution < 1.29 is 4.39 Å². The topological polar surface area (TPSA) is 36.7 Å². The average molecular weight is 174 g/mol. The second kappa shape index (κ2) is 4.23. The Bertz CT molecular complexity index is 407. The van der Waals surface area contributed by atoms with E-state index in [2.05, 4.69) is 16.8 Å². The largest absolute Gasteiger partial charge is 0.228 e. The van der Waals surface area contributed by atoms with Gasteiger partial charge in [-0.1, -0.05) is 11.8 Å². The van der Waals surface area contributed by atoms with Gasteiger partial charge in [-0.3, -0.25) is 0 Å². The van der Waals surface area contributed by atoms with Crippen molar-refractivity contribution in [3.63, 3.8) is 0 Å². The normalized spacial score (nSPS) is 8.38. The number of hydrogen-bond acceptors (Lipinski definition) is 2. The van der Waals surface area contributed by atoms with Crippen LogP contribution in [0.5, 0.6) is 0 Å². The lowest BCUT2D eigenvalue weighted by atomic mass is 10.2. The fraction of sp³-hybridized carbons (Fsp3) is 0.200. The van der Waals surface area contributed by atoms with Crippen LogP contribution in [0.1, 0.15) is 17.5 Å². The van der Waals surface area contributed by atoms with Crippen LogP contribution in [-0.2, 0) is 0 Å². The first-order chi connectivity index (χ1) is 6.24. The molecular formula is C10H7FN2. The molecular weight excluding hydrogens is 167 g/mol. The molecule has 1 heterocycles. The van der Waals surface area contributed by atoms with Crippen LogP contribution in [0.25, 0.3) is 0 Å². The molecule has 0 saturated carbocycles. The number of aromatic nitrogens is 1. The Hall–Kier alpha value is -1.87. The van der Waals surface area contributed by atoms with Crippen molar-refractivity contribution in [3.05, 3.63) is 29.3 Å². The summed E-state index contributed by atoms with van der Waals surface area (Å²) in [5.41, 5.74) is 1.10. The number of nitriles is 1. The molecule has 0 radical (unpaired) electrons. The molecule has 0 aromatic carbocycles. The van der Waals surface area contributed by atoms with Crippen molar-refractivity contribution in [1.82, 2.24) is 4.98 Å². The maximum absolute atomic E-state index is 12.9. The quantitative estimate of drug-likeness (QED) is 0.444. The monoisotopic (exact) mass is 174 g/mol. The van der Waals surface area contributed by atoms with Crippen molar-refractivity contribution >= 4 is 0 Å². The Kier molecular flexibility index (Phi) is 3.00. The first-order valence-electron chi connectivity index (χ1n) is 3.72. The van der Waals surface area contributed by atoms with Gasteiger partial charge in [0, 0.05) is 6.20 Å². The van der Waals surface area contributed by atoms with Gasteiger partial charge in [0.25, 0.3) is 0 Å². The fourth-order valence-corrected chi connectivity index (χ4v) is 0.819. The van der Waals surface area contributed by atoms with Gasteiger partial charge in [0.05, 0.1) is 18.1 Å². The summed E-state index contributed by atoms with van der Waals surface area (Å²) in [5.74, 6) is 4.49. The molecule has 1 aromatic heterocycles. The highest BCUT2D eigenvalue weighted by Crippen LogP contribution is 2.04. The molecule has 0 spiro atoms. The van der Waals surface area contributed by atoms with E-state index in [0.29, 0.717) is 0 Å². The summed E-state index contributed by atoms with van der Waals surface area (Å²) in [6.07, 6.45) is 1.54. The van der Waals surface area contributed by atoms with E-state index in [9.17, 15) is 4.39 Å². The van der Waals surface area contributed by atoms with Gasteiger partial charge >= 0.3 is 0 Å². The summed E-state index contributed by atoms with van der Waals surface area (Å²) in [6, 6.07) is 3.46. The van der Waals surface area contributed by atoms with Gasteiger partial charge in [0.15, 0.2) is 0 Å². The molecule has 13 heavy (non-hydrogen) atoms. The van der Waals surface area contributed by atoms with Gasteiger partial charge in [0.2, 0.25) is 5.95 Å². The highest BCUT2D eigenvalue weighted by Gasteiger charge is 1.98. The minimum absolute atomic E-state index is 0.105. The number of pyridine rings is 1. The second-order valence-electron chi connectivity index (χ2n) is 2.49. The van der Waals surface area contributed by atoms with Crippen LogP contribution in [0.15, 0.2) is 12.3 Å². The molecule has 64 valence electrons. The Morgan fingerprint density at radius 3 is 3.08 bits per heavy atom. The molecule has 0 N–H and O–H groups in total. The van der Waals surface area contributed by atoms with E-state index in [1.807, 2.05) is 13.0 Å². The van der Waals surface area contributed by atoms with Crippen molar-refractivity contribution in [2.45, 2.75) is 13.3 Å². The van der Waals surface area contributed by atoms with Crippen molar-refractivity contribution in [3.8, 4) is 17.9 Å². The third-order valence-corrected chi connectivity index (χ3v) is 1.37. The van der Waals surface area contributed by atoms with Crippen LogP contribution in [-0.4, -0.2) is 4.98 Å². The smallest absolute Gasteiger partial charge is 0.227 e. The zero-order chi connectivity index (χ0) is 9.68. The molecule has 0 aliphatic rings. The lowest BCUT2D eigenvalue weighted by Gasteiger charge is -1.94. The lowest BCUT2D eigenvalue weighted by molar-refractivity contribution is 0.579. The summed E-state index contributed by atoms with van der Waals surface area (Å²) >= 11 is 0. The lowest BCUT2D eigenvalue weighted by Crippen LogP contribution is -1.89. The number of halogens is 1. The zero-order valence-electron chi connectivity index (χ0n) is 7.13. The van der Waals surface area contributed by atoms with Crippen LogP contribution >= 0.6 is 0 Å². The molecule has 1 aromatic rings. The predicted molar refractivity (Wildman–Crippen MR) is 46.0 cm³/mol. The van der Waals surface area contributed by atoms with Gasteiger partial charge in [-0.15, -0.1) is 0 Å². The van der Waals surface area contributed by atoms with Gasteiger partial charge in [-0.2, -0.15) is 9.65 Å². The molecule has 0 saturated heterocycles. The van der Waals surface area contributed by atoms with Crippen LogP contribution in [0.3, 0.4) is 0 Å². The van der Waals surface area contributed by atoms with E-state index in [4.69, 9.17) is 5.26 Å². The van der Waals surface area contributed by atoms with Crippen molar-refractivity contribution in [1.29, 1.82) is 5.26 Å². The third kappa shape index (κ3) is 2.57. The first-order valence-corrected chi connectivity index (χ1v) is 3.72. The molecule has 2 nitrogen and oxygen atoms in total. The predicted octanol–water partition coefficient (Wildman–Crippen LogP) is 1.79. The van der Waals surface area contributed by atoms with E-state index in [-0.39, 0.29) is 12.0 Å². The van der Waals surface area contributed by atoms with Gasteiger partial charge in [-0.05, 0) is 18.6 Å². The first kappa shape index (κ1) is 9.22. The third-order valence-electron chi connectivity index (χ3n) is 1.37. The van der Waals surface area contributed by atoms with Crippen LogP contribution in [0.4, 0.5) is 4.39 Å². The molecule has 0 fully saturated rings. The highest BCUT2D eigenvalue weighted by atomic mass is 19.1. The second-order valence-corrected chi connectivity index (χ2v) is 2.49. The van der Waals surface area contributed by atoms with Gasteiger partial charge in [-0.25, -0.2) is 4.98 Å². The molecule has 1 rings (SSSR count). The number of hydrogen-bond donors (Lipinski definition) is 0. The molecule has 0 atom stereocenters. The number of rotatable bonds is 0. The van der Waals surface area contributed by atoms with Crippen LogP contribution in [0.2, 0.25) is 0 Å². The number of nitrogens with zero attached hydrogens (tertiary/aromatic N) is 2. The summed E-state index contributed by atoms with van der Waals surface area (Å²) in [4.78, 5) is 3.51. The Labute approximate surface area is 76.0 Å². The molecule has 0 aliphatic carbocycles. The highest BCUT2D eigenvalue weighted by molar-refractivity contribution is 5.35. The summed E-state index contributed by atoms with van der Waals surface area (Å²) in [6.45, 7) is 1.81. The molecule has 0 amide bonds. The van der Waals surface area contributed by atoms with E-state index in [1.54, 1.807) is 6.07 Å². The minimum atomic E-state index is -0.587. The molecule has 0 unspecified atom stereocenters. The maximum Gasteiger partial charge on any atom is 0.228 e. The summed E-state index contributed by atoms with van der Waals surface area (Å²) < 4.78 is 12.9. The van der Waals surface area contributed by atoms with E-state index < -0.39 is 5.95 Å². The minimum Gasteiger partial charge on any atom is -0.227 e. The van der Waals surface area contributed by atoms with Gasteiger partial charge < -0.3 is 0 Å². The van der Waals surface area contributed by atoms with Crippen molar-refractivity contribution in [2.24, 2.45) is 0 Å². The van der Waals surface area contributed by atoms with Crippen LogP contribution in [0, 0.1) is 36.0 Å². The van der Waals surface area contributed by atoms with E-state index in [1.165, 1.54) is 6.20 Å². The Balaban J connectivity index is 2.97. The summed E-state index contributed by atoms with van der Waals surface area (Å²) in [5, 5.41) is 8.21. The van der Waals surface area contributed by atoms with Crippen molar-refractivity contribution in [2.75, 3.05) is 0 Å². The number of aryl methyl sites for hydroxylation is 1. The summed E-state index contributed by atoms with van der Waals surface area (Å²) in [7, 11) is 0. The van der Waals surface area contributed by atoms with E-state index in [0.717, 1.165) is 5.56 Å². The van der Waals surface area contributed by atoms with E-state index >= 15 is 0 Å². The standard InChI is InChI=1S/C10H7FN2/c1-8-6-9(4-2-3-5-12)10(11)13-7-8/h6-7H,3H2,1H3. The Morgan fingerprint density at radius 2 is 2.38 bits per heavy atom. The average Bonchev–Trinajstić information content (AvgIpc) is 2.11. The molecule has 0 bridgehead atoms. The molecule has 3 heteroatoms. The SMILES string of the molecule is Cc1cnc(F)c(C#CCC#N)c1. The maximum atomic E-state index is 12.9.